The molecule has 0 aromatic carbocycles. The van der Waals surface area contributed by atoms with Crippen LogP contribution in [0, 0.1) is 0 Å². The van der Waals surface area contributed by atoms with Crippen molar-refractivity contribution in [2.24, 2.45) is 0 Å². The van der Waals surface area contributed by atoms with Gasteiger partial charge in [-0.3, -0.25) is 9.88 Å². The van der Waals surface area contributed by atoms with Crippen molar-refractivity contribution in [3.05, 3.63) is 30.1 Å². The van der Waals surface area contributed by atoms with Gasteiger partial charge in [-0.1, -0.05) is 0 Å². The Morgan fingerprint density at radius 2 is 2.00 bits per heavy atom. The summed E-state index contributed by atoms with van der Waals surface area (Å²) in [7, 11) is 2.13. The Morgan fingerprint density at radius 1 is 1.25 bits per heavy atom. The Morgan fingerprint density at radius 3 is 2.75 bits per heavy atom. The van der Waals surface area contributed by atoms with Crippen molar-refractivity contribution in [1.82, 2.24) is 20.1 Å². The predicted molar refractivity (Wildman–Crippen MR) is 88.3 cm³/mol. The highest BCUT2D eigenvalue weighted by Crippen LogP contribution is 2.32. The molecule has 0 radical (unpaired) electrons. The van der Waals surface area contributed by atoms with E-state index in [9.17, 15) is 5.11 Å². The van der Waals surface area contributed by atoms with E-state index in [0.717, 1.165) is 31.7 Å². The number of aliphatic hydroxyl groups is 1. The lowest BCUT2D eigenvalue weighted by molar-refractivity contribution is -0.186. The number of nitrogens with one attached hydrogen (secondary N) is 1. The smallest absolute Gasteiger partial charge is 0.176 e. The highest BCUT2D eigenvalue weighted by atomic mass is 16.7. The number of fused-ring (bicyclic) bond motifs is 2. The average molecular weight is 334 g/mol. The molecule has 4 heterocycles. The summed E-state index contributed by atoms with van der Waals surface area (Å²) >= 11 is 0. The number of rotatable bonds is 4. The summed E-state index contributed by atoms with van der Waals surface area (Å²) in [6.45, 7) is 5.11. The summed E-state index contributed by atoms with van der Waals surface area (Å²) in [6.07, 6.45) is 2.67. The van der Waals surface area contributed by atoms with Crippen molar-refractivity contribution in [3.63, 3.8) is 0 Å². The summed E-state index contributed by atoms with van der Waals surface area (Å²) in [6, 6.07) is 3.73. The topological polar surface area (TPSA) is 70.1 Å². The van der Waals surface area contributed by atoms with E-state index in [4.69, 9.17) is 9.47 Å². The average Bonchev–Trinajstić information content (AvgIpc) is 3.02. The second-order valence-electron chi connectivity index (χ2n) is 6.96. The van der Waals surface area contributed by atoms with Crippen molar-refractivity contribution in [2.45, 2.75) is 37.1 Å². The Labute approximate surface area is 142 Å². The maximum absolute atomic E-state index is 11.0. The van der Waals surface area contributed by atoms with Gasteiger partial charge in [0.15, 0.2) is 6.29 Å². The molecule has 132 valence electrons. The van der Waals surface area contributed by atoms with Crippen LogP contribution in [0.4, 0.5) is 0 Å². The number of hydrogen-bond acceptors (Lipinski definition) is 7. The highest BCUT2D eigenvalue weighted by Gasteiger charge is 2.52. The van der Waals surface area contributed by atoms with Crippen molar-refractivity contribution in [1.29, 1.82) is 0 Å². The number of nitrogens with zero attached hydrogens (tertiary/aromatic N) is 3. The van der Waals surface area contributed by atoms with Gasteiger partial charge in [0.1, 0.15) is 6.10 Å². The highest BCUT2D eigenvalue weighted by molar-refractivity contribution is 5.10. The molecule has 0 aliphatic carbocycles. The van der Waals surface area contributed by atoms with Gasteiger partial charge in [-0.05, 0) is 24.7 Å². The van der Waals surface area contributed by atoms with Crippen LogP contribution in [0.5, 0.6) is 0 Å². The van der Waals surface area contributed by atoms with Gasteiger partial charge in [-0.15, -0.1) is 0 Å². The lowest BCUT2D eigenvalue weighted by atomic mass is 9.94. The van der Waals surface area contributed by atoms with Gasteiger partial charge in [-0.2, -0.15) is 0 Å². The molecule has 1 aromatic heterocycles. The molecule has 24 heavy (non-hydrogen) atoms. The normalized spacial score (nSPS) is 37.7. The zero-order valence-electron chi connectivity index (χ0n) is 14.0. The Bertz CT molecular complexity index is 538. The molecule has 0 saturated carbocycles. The van der Waals surface area contributed by atoms with Gasteiger partial charge in [0.25, 0.3) is 0 Å². The first-order valence-corrected chi connectivity index (χ1v) is 8.72. The third-order valence-electron chi connectivity index (χ3n) is 5.38. The molecule has 0 unspecified atom stereocenters. The SMILES string of the molecule is CN1CCN([C@@H]2[C@@H]3OC[C@H](O3)[C@@H](NCc3ccncc3)[C@@H]2O)CC1. The monoisotopic (exact) mass is 334 g/mol. The molecule has 3 saturated heterocycles. The van der Waals surface area contributed by atoms with Crippen LogP contribution in [0.25, 0.3) is 0 Å². The zero-order chi connectivity index (χ0) is 16.5. The molecule has 3 aliphatic rings. The number of pyridine rings is 1. The van der Waals surface area contributed by atoms with E-state index in [2.05, 4.69) is 27.1 Å². The molecule has 7 heteroatoms. The predicted octanol–water partition coefficient (Wildman–Crippen LogP) is -0.728. The molecule has 0 spiro atoms. The van der Waals surface area contributed by atoms with Crippen molar-refractivity contribution in [2.75, 3.05) is 39.8 Å². The van der Waals surface area contributed by atoms with Crippen LogP contribution in [0.3, 0.4) is 0 Å². The molecule has 3 aliphatic heterocycles. The summed E-state index contributed by atoms with van der Waals surface area (Å²) in [5, 5.41) is 14.5. The molecule has 5 atom stereocenters. The van der Waals surface area contributed by atoms with Crippen molar-refractivity contribution >= 4 is 0 Å². The van der Waals surface area contributed by atoms with Crippen LogP contribution in [-0.4, -0.2) is 90.3 Å². The number of aromatic nitrogens is 1. The van der Waals surface area contributed by atoms with E-state index in [-0.39, 0.29) is 24.5 Å². The number of likely N-dealkylation sites (N-methyl/N-ethyl adjacent to an activating group) is 1. The minimum Gasteiger partial charge on any atom is -0.390 e. The lowest BCUT2D eigenvalue weighted by Gasteiger charge is -2.46. The first-order valence-electron chi connectivity index (χ1n) is 8.72. The minimum atomic E-state index is -0.499. The summed E-state index contributed by atoms with van der Waals surface area (Å²) in [5.41, 5.74) is 1.15. The second kappa shape index (κ2) is 7.03. The number of hydrogen-bond donors (Lipinski definition) is 2. The van der Waals surface area contributed by atoms with E-state index in [1.165, 1.54) is 0 Å². The van der Waals surface area contributed by atoms with E-state index < -0.39 is 6.10 Å². The van der Waals surface area contributed by atoms with Gasteiger partial charge in [-0.25, -0.2) is 0 Å². The fraction of sp³-hybridized carbons (Fsp3) is 0.706. The van der Waals surface area contributed by atoms with Gasteiger partial charge in [0.2, 0.25) is 0 Å². The van der Waals surface area contributed by atoms with E-state index in [1.54, 1.807) is 12.4 Å². The van der Waals surface area contributed by atoms with Crippen LogP contribution >= 0.6 is 0 Å². The van der Waals surface area contributed by atoms with Crippen LogP contribution in [-0.2, 0) is 16.0 Å². The molecular formula is C17H26N4O3. The van der Waals surface area contributed by atoms with Crippen LogP contribution in [0.15, 0.2) is 24.5 Å². The van der Waals surface area contributed by atoms with E-state index in [1.807, 2.05) is 12.1 Å². The van der Waals surface area contributed by atoms with Gasteiger partial charge < -0.3 is 24.8 Å². The summed E-state index contributed by atoms with van der Waals surface area (Å²) < 4.78 is 11.9. The molecule has 1 aromatic rings. The first-order chi connectivity index (χ1) is 11.7. The zero-order valence-corrected chi connectivity index (χ0v) is 14.0. The third-order valence-corrected chi connectivity index (χ3v) is 5.38. The largest absolute Gasteiger partial charge is 0.390 e. The third kappa shape index (κ3) is 3.20. The van der Waals surface area contributed by atoms with Gasteiger partial charge in [0, 0.05) is 45.1 Å². The fourth-order valence-electron chi connectivity index (χ4n) is 3.90. The van der Waals surface area contributed by atoms with Crippen molar-refractivity contribution < 1.29 is 14.6 Å². The maximum Gasteiger partial charge on any atom is 0.176 e. The minimum absolute atomic E-state index is 0.0875. The van der Waals surface area contributed by atoms with E-state index in [0.29, 0.717) is 13.2 Å². The standard InChI is InChI=1S/C17H26N4O3/c1-20-6-8-21(9-7-20)15-16(22)14(13-11-23-17(15)24-13)19-10-12-2-4-18-5-3-12/h2-5,13-17,19,22H,6-11H2,1H3/t13-,14+,15-,16-,17+/m0/s1. The molecule has 4 rings (SSSR count). The van der Waals surface area contributed by atoms with Crippen molar-refractivity contribution in [3.8, 4) is 0 Å². The summed E-state index contributed by atoms with van der Waals surface area (Å²) in [5.74, 6) is 0. The molecule has 2 N–H and O–H groups in total. The van der Waals surface area contributed by atoms with E-state index >= 15 is 0 Å². The Kier molecular flexibility index (Phi) is 4.80. The quantitative estimate of drug-likeness (QED) is 0.752. The van der Waals surface area contributed by atoms with Crippen LogP contribution in [0.2, 0.25) is 0 Å². The number of aliphatic hydroxyl groups excluding tert-OH is 1. The molecule has 2 bridgehead atoms. The molecule has 0 amide bonds. The maximum atomic E-state index is 11.0. The van der Waals surface area contributed by atoms with Crippen LogP contribution < -0.4 is 5.32 Å². The van der Waals surface area contributed by atoms with Crippen LogP contribution in [0.1, 0.15) is 5.56 Å². The van der Waals surface area contributed by atoms with Gasteiger partial charge in [0.05, 0.1) is 24.8 Å². The lowest BCUT2D eigenvalue weighted by Crippen LogP contribution is -2.66. The fourth-order valence-corrected chi connectivity index (χ4v) is 3.90. The summed E-state index contributed by atoms with van der Waals surface area (Å²) in [4.78, 5) is 8.67. The molecule has 3 fully saturated rings. The van der Waals surface area contributed by atoms with Gasteiger partial charge >= 0.3 is 0 Å². The molecular weight excluding hydrogens is 308 g/mol. The second-order valence-corrected chi connectivity index (χ2v) is 6.96. The Balaban J connectivity index is 1.44. The number of piperazine rings is 1. The first kappa shape index (κ1) is 16.4. The molecule has 7 nitrogen and oxygen atoms in total. The Hall–Kier alpha value is -1.09. The number of ether oxygens (including phenoxy) is 2.